The fourth-order valence-electron chi connectivity index (χ4n) is 4.56. The molecule has 0 bridgehead atoms. The van der Waals surface area contributed by atoms with E-state index in [2.05, 4.69) is 53.8 Å². The molecule has 1 unspecified atom stereocenters. The van der Waals surface area contributed by atoms with Crippen LogP contribution in [0.15, 0.2) is 36.4 Å². The molecular formula is C26H34N4O2. The molecular weight excluding hydrogens is 400 g/mol. The molecule has 0 aliphatic carbocycles. The van der Waals surface area contributed by atoms with Crippen LogP contribution in [0.5, 0.6) is 0 Å². The van der Waals surface area contributed by atoms with Gasteiger partial charge in [0.15, 0.2) is 0 Å². The van der Waals surface area contributed by atoms with Crippen molar-refractivity contribution in [2.75, 3.05) is 29.9 Å². The maximum atomic E-state index is 12.2. The van der Waals surface area contributed by atoms with Gasteiger partial charge < -0.3 is 20.9 Å². The van der Waals surface area contributed by atoms with Crippen molar-refractivity contribution in [2.45, 2.75) is 46.6 Å². The highest BCUT2D eigenvalue weighted by Gasteiger charge is 2.27. The molecule has 2 aromatic carbocycles. The maximum absolute atomic E-state index is 12.2. The summed E-state index contributed by atoms with van der Waals surface area (Å²) < 4.78 is 0. The predicted molar refractivity (Wildman–Crippen MR) is 129 cm³/mol. The lowest BCUT2D eigenvalue weighted by molar-refractivity contribution is -0.126. The molecule has 2 fully saturated rings. The van der Waals surface area contributed by atoms with E-state index in [-0.39, 0.29) is 24.2 Å². The van der Waals surface area contributed by atoms with E-state index in [4.69, 9.17) is 0 Å². The summed E-state index contributed by atoms with van der Waals surface area (Å²) in [7, 11) is 0. The molecule has 0 spiro atoms. The highest BCUT2D eigenvalue weighted by Crippen LogP contribution is 2.31. The molecule has 0 aromatic heterocycles. The molecule has 0 radical (unpaired) electrons. The number of aryl methyl sites for hydroxylation is 2. The topological polar surface area (TPSA) is 73.5 Å². The SMILES string of the molecule is Cc1cc(N2CCC(C)CC2)cc(C)c1Nc1ccc(CNC(=O)C2CNC(=O)C2)cc1. The average molecular weight is 435 g/mol. The minimum Gasteiger partial charge on any atom is -0.371 e. The smallest absolute Gasteiger partial charge is 0.225 e. The first-order valence-corrected chi connectivity index (χ1v) is 11.7. The summed E-state index contributed by atoms with van der Waals surface area (Å²) in [4.78, 5) is 26.0. The van der Waals surface area contributed by atoms with Gasteiger partial charge in [-0.1, -0.05) is 19.1 Å². The van der Waals surface area contributed by atoms with Gasteiger partial charge in [0.2, 0.25) is 11.8 Å². The van der Waals surface area contributed by atoms with Crippen LogP contribution in [0.4, 0.5) is 17.1 Å². The van der Waals surface area contributed by atoms with Crippen molar-refractivity contribution in [3.63, 3.8) is 0 Å². The van der Waals surface area contributed by atoms with Gasteiger partial charge in [-0.15, -0.1) is 0 Å². The number of nitrogens with one attached hydrogen (secondary N) is 3. The number of nitrogens with zero attached hydrogens (tertiary/aromatic N) is 1. The van der Waals surface area contributed by atoms with Gasteiger partial charge in [0, 0.05) is 49.7 Å². The third kappa shape index (κ3) is 5.23. The fourth-order valence-corrected chi connectivity index (χ4v) is 4.56. The summed E-state index contributed by atoms with van der Waals surface area (Å²) in [6.07, 6.45) is 2.81. The van der Waals surface area contributed by atoms with E-state index >= 15 is 0 Å². The fraction of sp³-hybridized carbons (Fsp3) is 0.462. The quantitative estimate of drug-likeness (QED) is 0.642. The van der Waals surface area contributed by atoms with Gasteiger partial charge in [0.25, 0.3) is 0 Å². The number of piperidine rings is 1. The first kappa shape index (κ1) is 22.2. The lowest BCUT2D eigenvalue weighted by Crippen LogP contribution is -2.32. The summed E-state index contributed by atoms with van der Waals surface area (Å²) in [5.74, 6) is 0.449. The van der Waals surface area contributed by atoms with E-state index in [9.17, 15) is 9.59 Å². The lowest BCUT2D eigenvalue weighted by atomic mass is 9.98. The monoisotopic (exact) mass is 434 g/mol. The van der Waals surface area contributed by atoms with Crippen LogP contribution < -0.4 is 20.9 Å². The zero-order chi connectivity index (χ0) is 22.7. The Kier molecular flexibility index (Phi) is 6.68. The van der Waals surface area contributed by atoms with Gasteiger partial charge in [-0.25, -0.2) is 0 Å². The molecule has 2 heterocycles. The molecule has 3 N–H and O–H groups in total. The van der Waals surface area contributed by atoms with Crippen molar-refractivity contribution in [1.82, 2.24) is 10.6 Å². The third-order valence-corrected chi connectivity index (χ3v) is 6.70. The Labute approximate surface area is 190 Å². The number of rotatable bonds is 6. The van der Waals surface area contributed by atoms with Crippen LogP contribution in [0.1, 0.15) is 42.9 Å². The van der Waals surface area contributed by atoms with Crippen LogP contribution in [0.25, 0.3) is 0 Å². The lowest BCUT2D eigenvalue weighted by Gasteiger charge is -2.33. The van der Waals surface area contributed by atoms with E-state index in [1.807, 2.05) is 24.3 Å². The van der Waals surface area contributed by atoms with Gasteiger partial charge in [-0.3, -0.25) is 9.59 Å². The Morgan fingerprint density at radius 2 is 1.75 bits per heavy atom. The molecule has 2 aliphatic heterocycles. The Balaban J connectivity index is 1.35. The van der Waals surface area contributed by atoms with Crippen LogP contribution in [0, 0.1) is 25.7 Å². The van der Waals surface area contributed by atoms with Gasteiger partial charge in [-0.2, -0.15) is 0 Å². The normalized spacial score (nSPS) is 19.0. The number of hydrogen-bond donors (Lipinski definition) is 3. The van der Waals surface area contributed by atoms with Crippen LogP contribution >= 0.6 is 0 Å². The van der Waals surface area contributed by atoms with Gasteiger partial charge in [0.1, 0.15) is 0 Å². The Morgan fingerprint density at radius 1 is 1.09 bits per heavy atom. The van der Waals surface area contributed by atoms with E-state index in [0.717, 1.165) is 35.9 Å². The molecule has 2 aromatic rings. The van der Waals surface area contributed by atoms with Gasteiger partial charge in [-0.05, 0) is 73.6 Å². The summed E-state index contributed by atoms with van der Waals surface area (Å²) in [5.41, 5.74) is 7.02. The second kappa shape index (κ2) is 9.63. The number of hydrogen-bond acceptors (Lipinski definition) is 4. The Bertz CT molecular complexity index is 955. The number of amides is 2. The predicted octanol–water partition coefficient (Wildman–Crippen LogP) is 4.04. The minimum atomic E-state index is -0.259. The standard InChI is InChI=1S/C26H34N4O2/c1-17-8-10-30(11-9-17)23-12-18(2)25(19(3)13-23)29-22-6-4-20(5-7-22)15-28-26(32)21-14-24(31)27-16-21/h4-7,12-13,17,21,29H,8-11,14-16H2,1-3H3,(H,27,31)(H,28,32). The zero-order valence-electron chi connectivity index (χ0n) is 19.3. The number of benzene rings is 2. The van der Waals surface area contributed by atoms with Crippen molar-refractivity contribution < 1.29 is 9.59 Å². The first-order valence-electron chi connectivity index (χ1n) is 11.7. The number of carbonyl (C=O) groups is 2. The van der Waals surface area contributed by atoms with E-state index < -0.39 is 0 Å². The minimum absolute atomic E-state index is 0.0512. The Hall–Kier alpha value is -3.02. The van der Waals surface area contributed by atoms with Crippen LogP contribution in [-0.2, 0) is 16.1 Å². The summed E-state index contributed by atoms with van der Waals surface area (Å²) >= 11 is 0. The molecule has 170 valence electrons. The molecule has 2 saturated heterocycles. The molecule has 1 atom stereocenters. The van der Waals surface area contributed by atoms with E-state index in [1.54, 1.807) is 0 Å². The molecule has 6 heteroatoms. The summed E-state index contributed by atoms with van der Waals surface area (Å²) in [6.45, 7) is 9.84. The van der Waals surface area contributed by atoms with Gasteiger partial charge >= 0.3 is 0 Å². The summed E-state index contributed by atoms with van der Waals surface area (Å²) in [5, 5.41) is 9.20. The first-order chi connectivity index (χ1) is 15.4. The second-order valence-electron chi connectivity index (χ2n) is 9.37. The molecule has 6 nitrogen and oxygen atoms in total. The molecule has 2 amide bonds. The van der Waals surface area contributed by atoms with Crippen LogP contribution in [-0.4, -0.2) is 31.4 Å². The highest BCUT2D eigenvalue weighted by molar-refractivity contribution is 5.89. The highest BCUT2D eigenvalue weighted by atomic mass is 16.2. The molecule has 4 rings (SSSR count). The van der Waals surface area contributed by atoms with Crippen molar-refractivity contribution in [2.24, 2.45) is 11.8 Å². The van der Waals surface area contributed by atoms with Crippen molar-refractivity contribution in [3.8, 4) is 0 Å². The second-order valence-corrected chi connectivity index (χ2v) is 9.37. The Morgan fingerprint density at radius 3 is 2.34 bits per heavy atom. The number of anilines is 3. The zero-order valence-corrected chi connectivity index (χ0v) is 19.3. The van der Waals surface area contributed by atoms with Crippen molar-refractivity contribution in [1.29, 1.82) is 0 Å². The van der Waals surface area contributed by atoms with Gasteiger partial charge in [0.05, 0.1) is 5.92 Å². The summed E-state index contributed by atoms with van der Waals surface area (Å²) in [6, 6.07) is 12.7. The molecule has 2 aliphatic rings. The van der Waals surface area contributed by atoms with E-state index in [0.29, 0.717) is 13.1 Å². The molecule has 32 heavy (non-hydrogen) atoms. The number of carbonyl (C=O) groups excluding carboxylic acids is 2. The van der Waals surface area contributed by atoms with Crippen molar-refractivity contribution >= 4 is 28.9 Å². The van der Waals surface area contributed by atoms with Crippen LogP contribution in [0.2, 0.25) is 0 Å². The largest absolute Gasteiger partial charge is 0.371 e. The van der Waals surface area contributed by atoms with E-state index in [1.165, 1.54) is 29.7 Å². The van der Waals surface area contributed by atoms with Crippen molar-refractivity contribution in [3.05, 3.63) is 53.1 Å². The molecule has 0 saturated carbocycles. The van der Waals surface area contributed by atoms with Crippen LogP contribution in [0.3, 0.4) is 0 Å². The maximum Gasteiger partial charge on any atom is 0.225 e. The average Bonchev–Trinajstić information content (AvgIpc) is 3.22. The third-order valence-electron chi connectivity index (χ3n) is 6.70.